The Balaban J connectivity index is 3.38. The van der Waals surface area contributed by atoms with Crippen LogP contribution in [0, 0.1) is 0 Å². The second-order valence-electron chi connectivity index (χ2n) is 7.96. The van der Waals surface area contributed by atoms with Crippen molar-refractivity contribution < 1.29 is 23.7 Å². The third-order valence-corrected chi connectivity index (χ3v) is 6.48. The van der Waals surface area contributed by atoms with Crippen molar-refractivity contribution in [3.05, 3.63) is 0 Å². The number of carbonyl (C=O) groups excluding carboxylic acids is 1. The molecule has 0 aliphatic heterocycles. The largest absolute Gasteiger partial charge is 0.444 e. The lowest BCUT2D eigenvalue weighted by Gasteiger charge is -2.24. The van der Waals surface area contributed by atoms with Gasteiger partial charge in [-0.3, -0.25) is 0 Å². The van der Waals surface area contributed by atoms with E-state index in [0.29, 0.717) is 49.5 Å². The van der Waals surface area contributed by atoms with E-state index in [1.807, 2.05) is 31.6 Å². The predicted octanol–water partition coefficient (Wildman–Crippen LogP) is 2.75. The van der Waals surface area contributed by atoms with Gasteiger partial charge in [-0.2, -0.15) is 0 Å². The molecular formula is C20H43N2O5S2+. The van der Waals surface area contributed by atoms with Crippen LogP contribution in [0.15, 0.2) is 0 Å². The quantitative estimate of drug-likeness (QED) is 0.190. The fourth-order valence-electron chi connectivity index (χ4n) is 2.07. The number of rotatable bonds is 17. The molecule has 174 valence electrons. The van der Waals surface area contributed by atoms with Crippen LogP contribution in [-0.4, -0.2) is 113 Å². The van der Waals surface area contributed by atoms with Crippen LogP contribution in [0.5, 0.6) is 0 Å². The summed E-state index contributed by atoms with van der Waals surface area (Å²) in [4.78, 5) is 15.6. The zero-order valence-electron chi connectivity index (χ0n) is 19.5. The summed E-state index contributed by atoms with van der Waals surface area (Å²) in [6, 6.07) is 0. The maximum absolute atomic E-state index is 11.8. The summed E-state index contributed by atoms with van der Waals surface area (Å²) in [5.41, 5.74) is -0.482. The third-order valence-electron chi connectivity index (χ3n) is 3.64. The minimum Gasteiger partial charge on any atom is -0.444 e. The predicted molar refractivity (Wildman–Crippen MR) is 125 cm³/mol. The Morgan fingerprint density at radius 2 is 1.38 bits per heavy atom. The van der Waals surface area contributed by atoms with Crippen LogP contribution in [0.25, 0.3) is 0 Å². The Hall–Kier alpha value is -0.190. The van der Waals surface area contributed by atoms with E-state index in [0.717, 1.165) is 19.7 Å². The van der Waals surface area contributed by atoms with Gasteiger partial charge >= 0.3 is 6.09 Å². The van der Waals surface area contributed by atoms with Crippen LogP contribution < -0.4 is 0 Å². The number of amides is 1. The molecular weight excluding hydrogens is 412 g/mol. The zero-order valence-corrected chi connectivity index (χ0v) is 21.2. The van der Waals surface area contributed by atoms with E-state index in [9.17, 15) is 4.79 Å². The number of hydrogen-bond donors (Lipinski definition) is 0. The Labute approximate surface area is 184 Å². The molecule has 0 aliphatic carbocycles. The molecule has 0 radical (unpaired) electrons. The van der Waals surface area contributed by atoms with E-state index in [-0.39, 0.29) is 6.09 Å². The summed E-state index contributed by atoms with van der Waals surface area (Å²) < 4.78 is 21.9. The number of hydrogen-bond acceptors (Lipinski definition) is 7. The van der Waals surface area contributed by atoms with Crippen LogP contribution in [0.1, 0.15) is 27.2 Å². The molecule has 0 aromatic rings. The van der Waals surface area contributed by atoms with Crippen molar-refractivity contribution in [2.24, 2.45) is 0 Å². The standard InChI is InChI=1S/C20H43N2O5S2/c1-20(2,3)27-19(23)22(5)11-13-25-15-17-26-16-14-24-12-10-21(4)9-8-18-28-29(6)7/h8-18H2,1-7H3/q+1. The van der Waals surface area contributed by atoms with Crippen molar-refractivity contribution in [3.8, 4) is 0 Å². The molecule has 0 N–H and O–H groups in total. The fraction of sp³-hybridized carbons (Fsp3) is 0.950. The van der Waals surface area contributed by atoms with E-state index in [1.54, 1.807) is 7.05 Å². The van der Waals surface area contributed by atoms with Crippen molar-refractivity contribution in [1.29, 1.82) is 0 Å². The van der Waals surface area contributed by atoms with Gasteiger partial charge in [0.1, 0.15) is 18.1 Å². The van der Waals surface area contributed by atoms with Crippen LogP contribution >= 0.6 is 10.8 Å². The first-order valence-corrected chi connectivity index (χ1v) is 13.7. The molecule has 29 heavy (non-hydrogen) atoms. The van der Waals surface area contributed by atoms with Gasteiger partial charge in [0.15, 0.2) is 0 Å². The van der Waals surface area contributed by atoms with Crippen LogP contribution in [0.4, 0.5) is 4.79 Å². The second kappa shape index (κ2) is 17.5. The monoisotopic (exact) mass is 455 g/mol. The molecule has 0 saturated heterocycles. The van der Waals surface area contributed by atoms with Gasteiger partial charge in [0.05, 0.1) is 60.4 Å². The molecule has 0 aromatic heterocycles. The lowest BCUT2D eigenvalue weighted by Crippen LogP contribution is -2.36. The molecule has 0 unspecified atom stereocenters. The van der Waals surface area contributed by atoms with Gasteiger partial charge in [0.25, 0.3) is 0 Å². The molecule has 0 spiro atoms. The van der Waals surface area contributed by atoms with Gasteiger partial charge < -0.3 is 28.7 Å². The average Bonchev–Trinajstić information content (AvgIpc) is 2.61. The van der Waals surface area contributed by atoms with Crippen molar-refractivity contribution in [3.63, 3.8) is 0 Å². The fourth-order valence-corrected chi connectivity index (χ4v) is 4.00. The first-order valence-electron chi connectivity index (χ1n) is 10.2. The van der Waals surface area contributed by atoms with Gasteiger partial charge in [-0.05, 0) is 40.8 Å². The third kappa shape index (κ3) is 20.8. The Kier molecular flexibility index (Phi) is 17.4. The summed E-state index contributed by atoms with van der Waals surface area (Å²) in [7, 11) is 6.36. The summed E-state index contributed by atoms with van der Waals surface area (Å²) in [6.07, 6.45) is 5.42. The highest BCUT2D eigenvalue weighted by Crippen LogP contribution is 2.11. The van der Waals surface area contributed by atoms with Gasteiger partial charge in [0.2, 0.25) is 0 Å². The molecule has 0 heterocycles. The molecule has 0 bridgehead atoms. The van der Waals surface area contributed by atoms with Crippen molar-refractivity contribution in [2.75, 3.05) is 91.6 Å². The molecule has 0 atom stereocenters. The Morgan fingerprint density at radius 3 is 1.90 bits per heavy atom. The number of ether oxygens (including phenoxy) is 4. The maximum Gasteiger partial charge on any atom is 0.410 e. The number of likely N-dealkylation sites (N-methyl/N-ethyl adjacent to an activating group) is 2. The molecule has 7 nitrogen and oxygen atoms in total. The lowest BCUT2D eigenvalue weighted by atomic mass is 10.2. The minimum absolute atomic E-state index is 0.338. The molecule has 0 fully saturated rings. The highest BCUT2D eigenvalue weighted by molar-refractivity contribution is 8.73. The first-order chi connectivity index (χ1) is 13.6. The van der Waals surface area contributed by atoms with Crippen LogP contribution in [0.3, 0.4) is 0 Å². The van der Waals surface area contributed by atoms with E-state index >= 15 is 0 Å². The second-order valence-corrected chi connectivity index (χ2v) is 12.8. The van der Waals surface area contributed by atoms with Crippen molar-refractivity contribution in [2.45, 2.75) is 32.8 Å². The van der Waals surface area contributed by atoms with E-state index in [4.69, 9.17) is 18.9 Å². The molecule has 0 rings (SSSR count). The highest BCUT2D eigenvalue weighted by atomic mass is 33.1. The van der Waals surface area contributed by atoms with Crippen LogP contribution in [-0.2, 0) is 28.9 Å². The van der Waals surface area contributed by atoms with E-state index < -0.39 is 5.60 Å². The SMILES string of the molecule is CN(CCCS[S+](C)C)CCOCCOCCOCCN(C)C(=O)OC(C)(C)C. The number of nitrogens with zero attached hydrogens (tertiary/aromatic N) is 2. The number of carbonyl (C=O) groups is 1. The molecule has 1 amide bonds. The summed E-state index contributed by atoms with van der Waals surface area (Å²) in [6.45, 7) is 11.5. The van der Waals surface area contributed by atoms with Gasteiger partial charge in [0, 0.05) is 25.9 Å². The van der Waals surface area contributed by atoms with Crippen LogP contribution in [0.2, 0.25) is 0 Å². The van der Waals surface area contributed by atoms with Gasteiger partial charge in [-0.1, -0.05) is 0 Å². The highest BCUT2D eigenvalue weighted by Gasteiger charge is 2.19. The molecule has 0 aliphatic rings. The topological polar surface area (TPSA) is 60.5 Å². The molecule has 0 aromatic carbocycles. The minimum atomic E-state index is -0.482. The maximum atomic E-state index is 11.8. The normalized spacial score (nSPS) is 12.0. The summed E-state index contributed by atoms with van der Waals surface area (Å²) in [5, 5.41) is 0. The Morgan fingerprint density at radius 1 is 0.862 bits per heavy atom. The molecule has 9 heteroatoms. The van der Waals surface area contributed by atoms with E-state index in [1.165, 1.54) is 17.1 Å². The van der Waals surface area contributed by atoms with Crippen molar-refractivity contribution in [1.82, 2.24) is 9.80 Å². The average molecular weight is 456 g/mol. The first kappa shape index (κ1) is 28.8. The Bertz CT molecular complexity index is 409. The van der Waals surface area contributed by atoms with Gasteiger partial charge in [-0.15, -0.1) is 0 Å². The van der Waals surface area contributed by atoms with Gasteiger partial charge in [-0.25, -0.2) is 4.79 Å². The van der Waals surface area contributed by atoms with Crippen molar-refractivity contribution >= 4 is 26.8 Å². The summed E-state index contributed by atoms with van der Waals surface area (Å²) in [5.74, 6) is 1.23. The lowest BCUT2D eigenvalue weighted by molar-refractivity contribution is 0.00318. The van der Waals surface area contributed by atoms with E-state index in [2.05, 4.69) is 24.5 Å². The zero-order chi connectivity index (χ0) is 22.1. The smallest absolute Gasteiger partial charge is 0.410 e. The summed E-state index contributed by atoms with van der Waals surface area (Å²) >= 11 is 0. The molecule has 0 saturated carbocycles.